The largest absolute Gasteiger partial charge is 0.356 e. The minimum atomic E-state index is 0.0548. The zero-order valence-corrected chi connectivity index (χ0v) is 17.6. The van der Waals surface area contributed by atoms with E-state index >= 15 is 0 Å². The Labute approximate surface area is 175 Å². The van der Waals surface area contributed by atoms with Crippen LogP contribution in [0.4, 0.5) is 0 Å². The number of aryl methyl sites for hydroxylation is 3. The van der Waals surface area contributed by atoms with E-state index in [1.807, 2.05) is 34.2 Å². The maximum atomic E-state index is 12.4. The number of fused-ring (bicyclic) bond motifs is 1. The lowest BCUT2D eigenvalue weighted by atomic mass is 10.0. The fourth-order valence-corrected chi connectivity index (χ4v) is 4.26. The number of hydrogen-bond donors (Lipinski definition) is 1. The number of imidazole rings is 1. The Kier molecular flexibility index (Phi) is 5.76. The molecule has 148 valence electrons. The summed E-state index contributed by atoms with van der Waals surface area (Å²) in [4.78, 5) is 18.0. The van der Waals surface area contributed by atoms with Gasteiger partial charge in [-0.05, 0) is 49.4 Å². The summed E-state index contributed by atoms with van der Waals surface area (Å²) in [6.45, 7) is 4.92. The van der Waals surface area contributed by atoms with E-state index < -0.39 is 0 Å². The van der Waals surface area contributed by atoms with Crippen molar-refractivity contribution < 1.29 is 4.79 Å². The maximum Gasteiger partial charge on any atom is 0.225 e. The molecule has 0 saturated heterocycles. The first kappa shape index (κ1) is 19.4. The zero-order chi connectivity index (χ0) is 20.2. The third-order valence-electron chi connectivity index (χ3n) is 5.23. The van der Waals surface area contributed by atoms with Crippen LogP contribution >= 0.6 is 11.3 Å². The molecule has 0 unspecified atom stereocenters. The summed E-state index contributed by atoms with van der Waals surface area (Å²) in [5, 5.41) is 5.06. The summed E-state index contributed by atoms with van der Waals surface area (Å²) in [6, 6.07) is 16.8. The second-order valence-corrected chi connectivity index (χ2v) is 8.26. The molecule has 0 atom stereocenters. The Morgan fingerprint density at radius 3 is 2.72 bits per heavy atom. The fraction of sp³-hybridized carbons (Fsp3) is 0.250. The highest BCUT2D eigenvalue weighted by atomic mass is 32.1. The lowest BCUT2D eigenvalue weighted by Crippen LogP contribution is -2.26. The molecule has 4 aromatic rings. The summed E-state index contributed by atoms with van der Waals surface area (Å²) in [6.07, 6.45) is 4.32. The molecule has 0 radical (unpaired) electrons. The molecule has 0 aliphatic rings. The van der Waals surface area contributed by atoms with Gasteiger partial charge >= 0.3 is 0 Å². The van der Waals surface area contributed by atoms with Gasteiger partial charge in [0.05, 0.1) is 12.1 Å². The van der Waals surface area contributed by atoms with Gasteiger partial charge in [-0.15, -0.1) is 11.3 Å². The highest BCUT2D eigenvalue weighted by Gasteiger charge is 2.13. The van der Waals surface area contributed by atoms with Gasteiger partial charge in [-0.25, -0.2) is 4.98 Å². The Balaban J connectivity index is 1.37. The average molecular weight is 404 g/mol. The monoisotopic (exact) mass is 403 g/mol. The van der Waals surface area contributed by atoms with E-state index in [4.69, 9.17) is 4.98 Å². The van der Waals surface area contributed by atoms with E-state index in [-0.39, 0.29) is 5.91 Å². The highest BCUT2D eigenvalue weighted by Crippen LogP contribution is 2.25. The summed E-state index contributed by atoms with van der Waals surface area (Å²) in [5.74, 6) is 0.0548. The molecular formula is C24H25N3OS. The van der Waals surface area contributed by atoms with Crippen LogP contribution in [0.5, 0.6) is 0 Å². The first-order chi connectivity index (χ1) is 14.1. The molecular weight excluding hydrogens is 378 g/mol. The van der Waals surface area contributed by atoms with Crippen molar-refractivity contribution in [2.45, 2.75) is 33.1 Å². The van der Waals surface area contributed by atoms with E-state index in [1.165, 1.54) is 16.7 Å². The van der Waals surface area contributed by atoms with Crippen molar-refractivity contribution in [1.82, 2.24) is 14.7 Å². The van der Waals surface area contributed by atoms with Crippen LogP contribution in [0.1, 0.15) is 28.8 Å². The van der Waals surface area contributed by atoms with Crippen LogP contribution in [-0.4, -0.2) is 21.8 Å². The van der Waals surface area contributed by atoms with Gasteiger partial charge < -0.3 is 5.32 Å². The molecule has 5 heteroatoms. The van der Waals surface area contributed by atoms with Crippen LogP contribution in [0.15, 0.2) is 60.1 Å². The van der Waals surface area contributed by atoms with Gasteiger partial charge in [0, 0.05) is 29.4 Å². The number of nitrogens with zero attached hydrogens (tertiary/aromatic N) is 2. The van der Waals surface area contributed by atoms with Crippen LogP contribution in [0.25, 0.3) is 16.2 Å². The summed E-state index contributed by atoms with van der Waals surface area (Å²) < 4.78 is 2.04. The second kappa shape index (κ2) is 8.62. The summed E-state index contributed by atoms with van der Waals surface area (Å²) >= 11 is 1.58. The van der Waals surface area contributed by atoms with Crippen LogP contribution in [-0.2, 0) is 17.6 Å². The molecule has 0 spiro atoms. The quantitative estimate of drug-likeness (QED) is 0.443. The predicted octanol–water partition coefficient (Wildman–Crippen LogP) is 4.97. The molecule has 2 heterocycles. The molecule has 1 amide bonds. The van der Waals surface area contributed by atoms with Crippen LogP contribution in [0.3, 0.4) is 0 Å². The molecule has 0 fully saturated rings. The molecule has 2 aromatic carbocycles. The highest BCUT2D eigenvalue weighted by molar-refractivity contribution is 7.15. The molecule has 4 nitrogen and oxygen atoms in total. The molecule has 4 rings (SSSR count). The van der Waals surface area contributed by atoms with Crippen molar-refractivity contribution in [1.29, 1.82) is 0 Å². The second-order valence-electron chi connectivity index (χ2n) is 7.42. The van der Waals surface area contributed by atoms with Gasteiger partial charge in [-0.1, -0.05) is 42.5 Å². The van der Waals surface area contributed by atoms with Crippen LogP contribution in [0, 0.1) is 13.8 Å². The van der Waals surface area contributed by atoms with Crippen molar-refractivity contribution in [2.24, 2.45) is 0 Å². The topological polar surface area (TPSA) is 46.4 Å². The van der Waals surface area contributed by atoms with Gasteiger partial charge in [-0.2, -0.15) is 0 Å². The smallest absolute Gasteiger partial charge is 0.225 e. The van der Waals surface area contributed by atoms with Crippen LogP contribution < -0.4 is 5.32 Å². The van der Waals surface area contributed by atoms with E-state index in [0.29, 0.717) is 13.0 Å². The predicted molar refractivity (Wildman–Crippen MR) is 119 cm³/mol. The normalized spacial score (nSPS) is 11.1. The summed E-state index contributed by atoms with van der Waals surface area (Å²) in [5.41, 5.74) is 6.88. The lowest BCUT2D eigenvalue weighted by molar-refractivity contribution is -0.120. The number of amides is 1. The third kappa shape index (κ3) is 4.57. The van der Waals surface area contributed by atoms with E-state index in [0.717, 1.165) is 34.8 Å². The number of rotatable bonds is 7. The number of carbonyl (C=O) groups excluding carboxylic acids is 1. The molecule has 1 N–H and O–H groups in total. The van der Waals surface area contributed by atoms with E-state index in [9.17, 15) is 4.79 Å². The van der Waals surface area contributed by atoms with Crippen molar-refractivity contribution in [3.63, 3.8) is 0 Å². The Morgan fingerprint density at radius 2 is 1.93 bits per heavy atom. The first-order valence-electron chi connectivity index (χ1n) is 9.94. The van der Waals surface area contributed by atoms with Crippen LogP contribution in [0.2, 0.25) is 0 Å². The Morgan fingerprint density at radius 1 is 1.10 bits per heavy atom. The Hall–Kier alpha value is -2.92. The van der Waals surface area contributed by atoms with Crippen molar-refractivity contribution in [3.05, 3.63) is 82.5 Å². The molecule has 0 bridgehead atoms. The number of carbonyl (C=O) groups is 1. The summed E-state index contributed by atoms with van der Waals surface area (Å²) in [7, 11) is 0. The number of aromatic nitrogens is 2. The lowest BCUT2D eigenvalue weighted by Gasteiger charge is -2.05. The molecule has 0 aliphatic carbocycles. The Bertz CT molecular complexity index is 1130. The average Bonchev–Trinajstić information content (AvgIpc) is 3.30. The standard InChI is InChI=1S/C24H25N3OS/c1-17-10-11-20(13-18(17)2)22-15-27-21(16-29-24(27)26-22)14-23(28)25-12-6-9-19-7-4-3-5-8-19/h3-5,7-8,10-11,13,15-16H,6,9,12,14H2,1-2H3,(H,25,28). The zero-order valence-electron chi connectivity index (χ0n) is 16.8. The maximum absolute atomic E-state index is 12.4. The number of hydrogen-bond acceptors (Lipinski definition) is 3. The number of nitrogens with one attached hydrogen (secondary N) is 1. The van der Waals surface area contributed by atoms with E-state index in [1.54, 1.807) is 11.3 Å². The number of benzene rings is 2. The van der Waals surface area contributed by atoms with Gasteiger partial charge in [-0.3, -0.25) is 9.20 Å². The SMILES string of the molecule is Cc1ccc(-c2cn3c(CC(=O)NCCCc4ccccc4)csc3n2)cc1C. The van der Waals surface area contributed by atoms with Crippen molar-refractivity contribution in [3.8, 4) is 11.3 Å². The van der Waals surface area contributed by atoms with Crippen molar-refractivity contribution in [2.75, 3.05) is 6.54 Å². The number of thiazole rings is 1. The van der Waals surface area contributed by atoms with Gasteiger partial charge in [0.2, 0.25) is 5.91 Å². The molecule has 0 saturated carbocycles. The fourth-order valence-electron chi connectivity index (χ4n) is 3.39. The molecule has 2 aromatic heterocycles. The van der Waals surface area contributed by atoms with Gasteiger partial charge in [0.15, 0.2) is 4.96 Å². The van der Waals surface area contributed by atoms with E-state index in [2.05, 4.69) is 49.5 Å². The minimum absolute atomic E-state index is 0.0548. The van der Waals surface area contributed by atoms with Gasteiger partial charge in [0.1, 0.15) is 0 Å². The first-order valence-corrected chi connectivity index (χ1v) is 10.8. The molecule has 0 aliphatic heterocycles. The van der Waals surface area contributed by atoms with Crippen molar-refractivity contribution >= 4 is 22.2 Å². The minimum Gasteiger partial charge on any atom is -0.356 e. The van der Waals surface area contributed by atoms with Gasteiger partial charge in [0.25, 0.3) is 0 Å². The molecule has 29 heavy (non-hydrogen) atoms. The third-order valence-corrected chi connectivity index (χ3v) is 6.12.